The molecule has 1 heterocycles. The molecule has 0 radical (unpaired) electrons. The van der Waals surface area contributed by atoms with Gasteiger partial charge < -0.3 is 29.8 Å². The van der Waals surface area contributed by atoms with Gasteiger partial charge in [0.05, 0.1) is 44.7 Å². The third kappa shape index (κ3) is 8.05. The number of hydrogen-bond donors (Lipinski definition) is 3. The highest BCUT2D eigenvalue weighted by molar-refractivity contribution is 7.99. The van der Waals surface area contributed by atoms with E-state index in [1.807, 2.05) is 49.4 Å². The van der Waals surface area contributed by atoms with Crippen molar-refractivity contribution in [2.24, 2.45) is 0 Å². The van der Waals surface area contributed by atoms with Gasteiger partial charge in [-0.25, -0.2) is 0 Å². The maximum Gasteiger partial charge on any atom is 0.307 e. The van der Waals surface area contributed by atoms with E-state index in [0.29, 0.717) is 25.1 Å². The van der Waals surface area contributed by atoms with Crippen molar-refractivity contribution in [3.05, 3.63) is 59.2 Å². The molecule has 0 aliphatic carbocycles. The van der Waals surface area contributed by atoms with Gasteiger partial charge in [0.15, 0.2) is 0 Å². The summed E-state index contributed by atoms with van der Waals surface area (Å²) in [6.45, 7) is 8.39. The Labute approximate surface area is 253 Å². The predicted octanol–water partition coefficient (Wildman–Crippen LogP) is 5.60. The third-order valence-corrected chi connectivity index (χ3v) is 9.08. The van der Waals surface area contributed by atoms with E-state index >= 15 is 0 Å². The van der Waals surface area contributed by atoms with Crippen LogP contribution < -0.4 is 10.1 Å². The van der Waals surface area contributed by atoms with E-state index in [0.717, 1.165) is 34.4 Å². The van der Waals surface area contributed by atoms with E-state index in [1.54, 1.807) is 21.0 Å². The molecule has 0 fully saturated rings. The molecule has 3 rings (SSSR count). The molecule has 0 saturated heterocycles. The Bertz CT molecular complexity index is 1150. The highest BCUT2D eigenvalue weighted by Gasteiger charge is 2.48. The van der Waals surface area contributed by atoms with Crippen LogP contribution in [0.5, 0.6) is 5.75 Å². The summed E-state index contributed by atoms with van der Waals surface area (Å²) in [6.07, 6.45) is 3.03. The number of carbonyl (C=O) groups is 2. The van der Waals surface area contributed by atoms with Gasteiger partial charge in [-0.2, -0.15) is 5.06 Å². The maximum atomic E-state index is 12.3. The lowest BCUT2D eigenvalue weighted by molar-refractivity contribution is -0.217. The van der Waals surface area contributed by atoms with E-state index in [4.69, 9.17) is 14.2 Å². The van der Waals surface area contributed by atoms with Crippen LogP contribution in [0, 0.1) is 0 Å². The van der Waals surface area contributed by atoms with Crippen molar-refractivity contribution < 1.29 is 34.1 Å². The normalized spacial score (nSPS) is 20.6. The lowest BCUT2D eigenvalue weighted by atomic mass is 9.86. The summed E-state index contributed by atoms with van der Waals surface area (Å²) < 4.78 is 16.1. The topological polar surface area (TPSA) is 118 Å². The Morgan fingerprint density at radius 2 is 1.69 bits per heavy atom. The first-order valence-corrected chi connectivity index (χ1v) is 15.8. The molecule has 3 atom stereocenters. The summed E-state index contributed by atoms with van der Waals surface area (Å²) in [5.41, 5.74) is 0.775. The minimum atomic E-state index is -0.888. The Kier molecular flexibility index (Phi) is 13.1. The molecule has 0 amide bonds. The average Bonchev–Trinajstić information content (AvgIpc) is 3.06. The number of unbranched alkanes of at least 4 members (excludes halogenated alkanes) is 1. The van der Waals surface area contributed by atoms with Crippen LogP contribution in [0.3, 0.4) is 0 Å². The average molecular weight is 603 g/mol. The first-order valence-electron chi connectivity index (χ1n) is 14.9. The van der Waals surface area contributed by atoms with Gasteiger partial charge in [-0.15, -0.1) is 0 Å². The van der Waals surface area contributed by atoms with Crippen molar-refractivity contribution in [1.29, 1.82) is 0 Å². The van der Waals surface area contributed by atoms with E-state index in [-0.39, 0.29) is 26.1 Å². The molecule has 42 heavy (non-hydrogen) atoms. The lowest BCUT2D eigenvalue weighted by Crippen LogP contribution is -2.54. The van der Waals surface area contributed by atoms with Gasteiger partial charge in [0.25, 0.3) is 0 Å². The molecule has 1 aliphatic heterocycles. The van der Waals surface area contributed by atoms with Crippen molar-refractivity contribution in [2.45, 2.75) is 101 Å². The molecule has 1 aliphatic rings. The van der Waals surface area contributed by atoms with Crippen molar-refractivity contribution in [1.82, 2.24) is 10.4 Å². The van der Waals surface area contributed by atoms with Gasteiger partial charge in [0, 0.05) is 23.0 Å². The zero-order valence-corrected chi connectivity index (χ0v) is 26.2. The number of rotatable bonds is 15. The number of nitrogens with one attached hydrogen (secondary N) is 1. The molecule has 2 aromatic rings. The van der Waals surface area contributed by atoms with Crippen molar-refractivity contribution in [2.75, 3.05) is 20.3 Å². The summed E-state index contributed by atoms with van der Waals surface area (Å²) in [6, 6.07) is 12.7. The number of carbonyl (C=O) groups excluding carboxylic acids is 2. The molecule has 3 N–H and O–H groups in total. The van der Waals surface area contributed by atoms with Crippen molar-refractivity contribution in [3.63, 3.8) is 0 Å². The van der Waals surface area contributed by atoms with Gasteiger partial charge in [-0.3, -0.25) is 9.59 Å². The van der Waals surface area contributed by atoms with E-state index < -0.39 is 35.0 Å². The first kappa shape index (κ1) is 33.9. The summed E-state index contributed by atoms with van der Waals surface area (Å²) >= 11 is 1.34. The second-order valence-electron chi connectivity index (χ2n) is 10.5. The quantitative estimate of drug-likeness (QED) is 0.222. The molecular weight excluding hydrogens is 556 g/mol. The Morgan fingerprint density at radius 1 is 1.05 bits per heavy atom. The van der Waals surface area contributed by atoms with Gasteiger partial charge in [-0.05, 0) is 49.9 Å². The number of aliphatic hydroxyl groups is 1. The fourth-order valence-electron chi connectivity index (χ4n) is 5.50. The Hall–Kier alpha value is -2.63. The summed E-state index contributed by atoms with van der Waals surface area (Å²) in [4.78, 5) is 25.3. The van der Waals surface area contributed by atoms with Crippen molar-refractivity contribution in [3.8, 4) is 5.75 Å². The van der Waals surface area contributed by atoms with Crippen molar-refractivity contribution >= 4 is 23.7 Å². The van der Waals surface area contributed by atoms with Crippen LogP contribution in [0.4, 0.5) is 0 Å². The molecule has 0 saturated carbocycles. The van der Waals surface area contributed by atoms with Gasteiger partial charge >= 0.3 is 11.9 Å². The number of methoxy groups -OCH3 is 1. The zero-order chi connectivity index (χ0) is 30.7. The van der Waals surface area contributed by atoms with Crippen LogP contribution >= 0.6 is 11.8 Å². The van der Waals surface area contributed by atoms with Crippen LogP contribution in [0.1, 0.15) is 89.0 Å². The summed E-state index contributed by atoms with van der Waals surface area (Å²) in [7, 11) is 1.59. The molecule has 0 aromatic heterocycles. The Morgan fingerprint density at radius 3 is 2.24 bits per heavy atom. The third-order valence-electron chi connectivity index (χ3n) is 7.82. The number of ether oxygens (including phenoxy) is 3. The number of fused-ring (bicyclic) bond motifs is 1. The molecule has 1 unspecified atom stereocenters. The number of thioether (sulfide) groups is 1. The molecule has 10 heteroatoms. The second-order valence-corrected chi connectivity index (χ2v) is 11.6. The number of benzene rings is 2. The molecule has 9 nitrogen and oxygen atoms in total. The molecular formula is C32H46N2O7S. The SMILES string of the molecule is CCCC[C@]1(CC)C(O)Sc2cc(CNC(CC(=O)OCC)CC(=O)OCC)c(OC)cc2[C@@H](c2ccccc2)N1O. The van der Waals surface area contributed by atoms with Crippen LogP contribution in [0.2, 0.25) is 0 Å². The van der Waals surface area contributed by atoms with Gasteiger partial charge in [-0.1, -0.05) is 68.8 Å². The second kappa shape index (κ2) is 16.3. The first-order chi connectivity index (χ1) is 20.2. The number of hydrogen-bond acceptors (Lipinski definition) is 10. The predicted molar refractivity (Wildman–Crippen MR) is 162 cm³/mol. The van der Waals surface area contributed by atoms with E-state index in [2.05, 4.69) is 12.2 Å². The maximum absolute atomic E-state index is 12.3. The van der Waals surface area contributed by atoms with Gasteiger partial charge in [0.1, 0.15) is 11.2 Å². The largest absolute Gasteiger partial charge is 0.496 e. The summed E-state index contributed by atoms with van der Waals surface area (Å²) in [5.74, 6) is -0.207. The minimum absolute atomic E-state index is 0.0133. The van der Waals surface area contributed by atoms with Crippen LogP contribution in [0.15, 0.2) is 47.4 Å². The Balaban J connectivity index is 2.03. The van der Waals surface area contributed by atoms with Crippen LogP contribution in [-0.4, -0.2) is 64.7 Å². The number of esters is 2. The fourth-order valence-corrected chi connectivity index (χ4v) is 6.87. The number of nitrogens with zero attached hydrogens (tertiary/aromatic N) is 1. The minimum Gasteiger partial charge on any atom is -0.496 e. The monoisotopic (exact) mass is 602 g/mol. The number of aliphatic hydroxyl groups excluding tert-OH is 1. The van der Waals surface area contributed by atoms with E-state index in [9.17, 15) is 19.9 Å². The molecule has 0 spiro atoms. The zero-order valence-electron chi connectivity index (χ0n) is 25.4. The molecule has 232 valence electrons. The summed E-state index contributed by atoms with van der Waals surface area (Å²) in [5, 5.41) is 28.3. The molecule has 0 bridgehead atoms. The smallest absolute Gasteiger partial charge is 0.307 e. The number of hydroxylamine groups is 2. The van der Waals surface area contributed by atoms with Crippen LogP contribution in [0.25, 0.3) is 0 Å². The highest BCUT2D eigenvalue weighted by Crippen LogP contribution is 2.50. The highest BCUT2D eigenvalue weighted by atomic mass is 32.2. The van der Waals surface area contributed by atoms with Crippen LogP contribution in [-0.2, 0) is 25.6 Å². The molecule has 2 aromatic carbocycles. The fraction of sp³-hybridized carbons (Fsp3) is 0.562. The van der Waals surface area contributed by atoms with E-state index in [1.165, 1.54) is 16.8 Å². The lowest BCUT2D eigenvalue weighted by Gasteiger charge is -2.44. The van der Waals surface area contributed by atoms with Gasteiger partial charge in [0.2, 0.25) is 0 Å². The standard InChI is InChI=1S/C32H46N2O7S/c1-6-10-16-32(7-2)31(37)42-27-17-23(21-33-24(18-28(35)40-8-3)19-29(36)41-9-4)26(39-5)20-25(27)30(34(32)38)22-14-12-11-13-15-22/h11-15,17,20,24,30-31,33,37-38H,6-10,16,18-19,21H2,1-5H3/t30-,31?,32-/m1/s1.